The SMILES string of the molecule is CCCCC(=O)N(Cc1ccccc1Cl)c1cc(-c2ccccc2)sc1C(=O)O. The Morgan fingerprint density at radius 2 is 1.76 bits per heavy atom. The van der Waals surface area contributed by atoms with E-state index in [0.29, 0.717) is 17.1 Å². The van der Waals surface area contributed by atoms with Gasteiger partial charge in [0.1, 0.15) is 4.88 Å². The molecule has 0 aliphatic rings. The van der Waals surface area contributed by atoms with Gasteiger partial charge in [0.2, 0.25) is 5.91 Å². The molecular formula is C23H22ClNO3S. The first-order chi connectivity index (χ1) is 14.0. The fourth-order valence-electron chi connectivity index (χ4n) is 3.05. The lowest BCUT2D eigenvalue weighted by Crippen LogP contribution is -2.31. The molecule has 1 aromatic heterocycles. The van der Waals surface area contributed by atoms with Crippen molar-refractivity contribution in [1.29, 1.82) is 0 Å². The van der Waals surface area contributed by atoms with Gasteiger partial charge in [-0.2, -0.15) is 0 Å². The number of rotatable bonds is 8. The van der Waals surface area contributed by atoms with Gasteiger partial charge in [0.05, 0.1) is 12.2 Å². The number of thiophene rings is 1. The number of carbonyl (C=O) groups is 2. The normalized spacial score (nSPS) is 10.7. The van der Waals surface area contributed by atoms with Crippen LogP contribution in [-0.4, -0.2) is 17.0 Å². The second-order valence-electron chi connectivity index (χ2n) is 6.67. The number of benzene rings is 2. The highest BCUT2D eigenvalue weighted by atomic mass is 35.5. The third-order valence-electron chi connectivity index (χ3n) is 4.59. The molecule has 1 N–H and O–H groups in total. The van der Waals surface area contributed by atoms with Crippen molar-refractivity contribution in [2.75, 3.05) is 4.90 Å². The highest BCUT2D eigenvalue weighted by molar-refractivity contribution is 7.18. The molecule has 29 heavy (non-hydrogen) atoms. The number of halogens is 1. The molecule has 0 saturated carbocycles. The number of carboxylic acid groups (broad SMARTS) is 1. The molecule has 3 rings (SSSR count). The summed E-state index contributed by atoms with van der Waals surface area (Å²) in [6.07, 6.45) is 1.99. The minimum atomic E-state index is -1.04. The Labute approximate surface area is 179 Å². The van der Waals surface area contributed by atoms with Crippen molar-refractivity contribution < 1.29 is 14.7 Å². The van der Waals surface area contributed by atoms with Crippen LogP contribution in [0.15, 0.2) is 60.7 Å². The van der Waals surface area contributed by atoms with Crippen molar-refractivity contribution in [3.05, 3.63) is 76.1 Å². The summed E-state index contributed by atoms with van der Waals surface area (Å²) >= 11 is 7.50. The molecule has 0 aliphatic carbocycles. The zero-order valence-electron chi connectivity index (χ0n) is 16.1. The highest BCUT2D eigenvalue weighted by Gasteiger charge is 2.25. The summed E-state index contributed by atoms with van der Waals surface area (Å²) < 4.78 is 0. The molecule has 6 heteroatoms. The maximum Gasteiger partial charge on any atom is 0.348 e. The van der Waals surface area contributed by atoms with Crippen LogP contribution < -0.4 is 4.90 Å². The summed E-state index contributed by atoms with van der Waals surface area (Å²) in [7, 11) is 0. The van der Waals surface area contributed by atoms with Gasteiger partial charge in [-0.3, -0.25) is 4.79 Å². The fraction of sp³-hybridized carbons (Fsp3) is 0.217. The average Bonchev–Trinajstić information content (AvgIpc) is 3.17. The van der Waals surface area contributed by atoms with E-state index in [-0.39, 0.29) is 17.3 Å². The molecule has 0 atom stereocenters. The van der Waals surface area contributed by atoms with Crippen molar-refractivity contribution in [2.45, 2.75) is 32.7 Å². The Morgan fingerprint density at radius 1 is 1.07 bits per heavy atom. The topological polar surface area (TPSA) is 57.6 Å². The molecule has 0 aliphatic heterocycles. The number of carbonyl (C=O) groups excluding carboxylic acids is 1. The van der Waals surface area contributed by atoms with Crippen LogP contribution in [0.5, 0.6) is 0 Å². The third-order valence-corrected chi connectivity index (χ3v) is 6.12. The van der Waals surface area contributed by atoms with Gasteiger partial charge in [0, 0.05) is 16.3 Å². The quantitative estimate of drug-likeness (QED) is 0.447. The smallest absolute Gasteiger partial charge is 0.348 e. The molecular weight excluding hydrogens is 406 g/mol. The lowest BCUT2D eigenvalue weighted by Gasteiger charge is -2.23. The van der Waals surface area contributed by atoms with E-state index >= 15 is 0 Å². The Balaban J connectivity index is 2.06. The van der Waals surface area contributed by atoms with Crippen molar-refractivity contribution in [1.82, 2.24) is 0 Å². The van der Waals surface area contributed by atoms with E-state index in [0.717, 1.165) is 28.8 Å². The average molecular weight is 428 g/mol. The van der Waals surface area contributed by atoms with E-state index in [9.17, 15) is 14.7 Å². The van der Waals surface area contributed by atoms with Gasteiger partial charge >= 0.3 is 5.97 Å². The molecule has 0 spiro atoms. The Kier molecular flexibility index (Phi) is 7.07. The molecule has 150 valence electrons. The first-order valence-corrected chi connectivity index (χ1v) is 10.7. The van der Waals surface area contributed by atoms with Crippen LogP contribution in [0, 0.1) is 0 Å². The maximum atomic E-state index is 13.0. The van der Waals surface area contributed by atoms with Crippen LogP contribution in [0.2, 0.25) is 5.02 Å². The van der Waals surface area contributed by atoms with E-state index in [1.165, 1.54) is 11.3 Å². The maximum absolute atomic E-state index is 13.0. The van der Waals surface area contributed by atoms with Crippen LogP contribution in [0.3, 0.4) is 0 Å². The van der Waals surface area contributed by atoms with Gasteiger partial charge in [-0.25, -0.2) is 4.79 Å². The molecule has 3 aromatic rings. The molecule has 1 heterocycles. The van der Waals surface area contributed by atoms with Gasteiger partial charge in [0.25, 0.3) is 0 Å². The van der Waals surface area contributed by atoms with E-state index in [1.807, 2.05) is 55.5 Å². The summed E-state index contributed by atoms with van der Waals surface area (Å²) in [5.74, 6) is -1.15. The number of unbranched alkanes of at least 4 members (excludes halogenated alkanes) is 1. The second kappa shape index (κ2) is 9.72. The van der Waals surface area contributed by atoms with Gasteiger partial charge < -0.3 is 10.0 Å². The number of aromatic carboxylic acids is 1. The Morgan fingerprint density at radius 3 is 2.41 bits per heavy atom. The van der Waals surface area contributed by atoms with Gasteiger partial charge in [-0.15, -0.1) is 11.3 Å². The largest absolute Gasteiger partial charge is 0.477 e. The molecule has 0 fully saturated rings. The minimum absolute atomic E-state index is 0.105. The lowest BCUT2D eigenvalue weighted by molar-refractivity contribution is -0.118. The Bertz CT molecular complexity index is 1000. The summed E-state index contributed by atoms with van der Waals surface area (Å²) in [5.41, 5.74) is 2.12. The lowest BCUT2D eigenvalue weighted by atomic mass is 10.1. The van der Waals surface area contributed by atoms with Crippen LogP contribution in [0.4, 0.5) is 5.69 Å². The van der Waals surface area contributed by atoms with Crippen molar-refractivity contribution in [3.63, 3.8) is 0 Å². The number of hydrogen-bond acceptors (Lipinski definition) is 3. The van der Waals surface area contributed by atoms with Gasteiger partial charge in [0.15, 0.2) is 0 Å². The molecule has 0 bridgehead atoms. The fourth-order valence-corrected chi connectivity index (χ4v) is 4.25. The summed E-state index contributed by atoms with van der Waals surface area (Å²) in [6.45, 7) is 2.25. The highest BCUT2D eigenvalue weighted by Crippen LogP contribution is 2.38. The van der Waals surface area contributed by atoms with Crippen molar-refractivity contribution in [3.8, 4) is 10.4 Å². The molecule has 0 saturated heterocycles. The van der Waals surface area contributed by atoms with Crippen molar-refractivity contribution >= 4 is 40.5 Å². The molecule has 2 aromatic carbocycles. The van der Waals surface area contributed by atoms with Crippen LogP contribution in [0.1, 0.15) is 41.4 Å². The number of nitrogens with zero attached hydrogens (tertiary/aromatic N) is 1. The summed E-state index contributed by atoms with van der Waals surface area (Å²) in [4.78, 5) is 27.5. The molecule has 4 nitrogen and oxygen atoms in total. The number of carboxylic acids is 1. The molecule has 0 unspecified atom stereocenters. The van der Waals surface area contributed by atoms with E-state index in [4.69, 9.17) is 11.6 Å². The predicted molar refractivity (Wildman–Crippen MR) is 119 cm³/mol. The van der Waals surface area contributed by atoms with E-state index in [2.05, 4.69) is 0 Å². The Hall–Kier alpha value is -2.63. The zero-order chi connectivity index (χ0) is 20.8. The predicted octanol–water partition coefficient (Wildman–Crippen LogP) is 6.49. The van der Waals surface area contributed by atoms with Crippen molar-refractivity contribution in [2.24, 2.45) is 0 Å². The van der Waals surface area contributed by atoms with Crippen LogP contribution in [0.25, 0.3) is 10.4 Å². The summed E-state index contributed by atoms with van der Waals surface area (Å²) in [6, 6.07) is 18.7. The monoisotopic (exact) mass is 427 g/mol. The third kappa shape index (κ3) is 5.05. The first-order valence-electron chi connectivity index (χ1n) is 9.47. The number of hydrogen-bond donors (Lipinski definition) is 1. The van der Waals surface area contributed by atoms with E-state index in [1.54, 1.807) is 17.0 Å². The first kappa shape index (κ1) is 21.1. The minimum Gasteiger partial charge on any atom is -0.477 e. The standard InChI is InChI=1S/C23H22ClNO3S/c1-2-3-13-21(26)25(15-17-11-7-8-12-18(17)24)19-14-20(29-22(19)23(27)28)16-9-5-4-6-10-16/h4-12,14H,2-3,13,15H2,1H3,(H,27,28). The second-order valence-corrected chi connectivity index (χ2v) is 8.13. The van der Waals surface area contributed by atoms with Crippen LogP contribution >= 0.6 is 22.9 Å². The van der Waals surface area contributed by atoms with Gasteiger partial charge in [-0.1, -0.05) is 73.5 Å². The zero-order valence-corrected chi connectivity index (χ0v) is 17.7. The number of anilines is 1. The van der Waals surface area contributed by atoms with Gasteiger partial charge in [-0.05, 0) is 29.7 Å². The molecule has 1 amide bonds. The molecule has 0 radical (unpaired) electrons. The summed E-state index contributed by atoms with van der Waals surface area (Å²) in [5, 5.41) is 10.4. The van der Waals surface area contributed by atoms with Crippen LogP contribution in [-0.2, 0) is 11.3 Å². The number of amides is 1. The van der Waals surface area contributed by atoms with E-state index < -0.39 is 5.97 Å².